The summed E-state index contributed by atoms with van der Waals surface area (Å²) in [6.07, 6.45) is -1.37. The Balaban J connectivity index is 2.10. The van der Waals surface area contributed by atoms with Crippen LogP contribution in [0.4, 0.5) is 0 Å². The predicted octanol–water partition coefficient (Wildman–Crippen LogP) is 3.80. The fraction of sp³-hybridized carbons (Fsp3) is 0.333. The van der Waals surface area contributed by atoms with Gasteiger partial charge >= 0.3 is 0 Å². The molecule has 0 radical (unpaired) electrons. The predicted molar refractivity (Wildman–Crippen MR) is 81.1 cm³/mol. The van der Waals surface area contributed by atoms with Gasteiger partial charge in [0, 0.05) is 11.1 Å². The molecule has 3 heteroatoms. The van der Waals surface area contributed by atoms with Gasteiger partial charge in [0.15, 0.2) is 6.29 Å². The highest BCUT2D eigenvalue weighted by molar-refractivity contribution is 5.47. The van der Waals surface area contributed by atoms with E-state index in [2.05, 4.69) is 20.8 Å². The second-order valence-corrected chi connectivity index (χ2v) is 6.52. The number of fused-ring (bicyclic) bond motifs is 1. The molecule has 0 aliphatic carbocycles. The fourth-order valence-electron chi connectivity index (χ4n) is 2.72. The highest BCUT2D eigenvalue weighted by atomic mass is 16.6. The van der Waals surface area contributed by atoms with Crippen molar-refractivity contribution < 1.29 is 14.9 Å². The first-order valence-electron chi connectivity index (χ1n) is 7.13. The van der Waals surface area contributed by atoms with Crippen LogP contribution in [-0.2, 0) is 10.2 Å². The number of ether oxygens (including phenoxy) is 1. The topological polar surface area (TPSA) is 49.7 Å². The van der Waals surface area contributed by atoms with E-state index in [4.69, 9.17) is 4.74 Å². The van der Waals surface area contributed by atoms with Crippen molar-refractivity contribution in [3.05, 3.63) is 64.7 Å². The molecular weight excluding hydrogens is 264 g/mol. The van der Waals surface area contributed by atoms with E-state index in [0.717, 1.165) is 16.7 Å². The molecule has 1 aliphatic rings. The van der Waals surface area contributed by atoms with Crippen LogP contribution in [0.25, 0.3) is 0 Å². The highest BCUT2D eigenvalue weighted by Crippen LogP contribution is 2.44. The highest BCUT2D eigenvalue weighted by Gasteiger charge is 2.33. The van der Waals surface area contributed by atoms with Crippen LogP contribution in [0.3, 0.4) is 0 Å². The molecule has 0 spiro atoms. The van der Waals surface area contributed by atoms with Crippen LogP contribution in [0.5, 0.6) is 5.75 Å². The number of phenolic OH excluding ortho intramolecular Hbond substituents is 1. The molecule has 2 N–H and O–H groups in total. The number of phenols is 1. The van der Waals surface area contributed by atoms with Gasteiger partial charge in [0.05, 0.1) is 0 Å². The van der Waals surface area contributed by atoms with Crippen LogP contribution in [0.2, 0.25) is 0 Å². The van der Waals surface area contributed by atoms with Crippen LogP contribution >= 0.6 is 0 Å². The third-order valence-corrected chi connectivity index (χ3v) is 3.99. The zero-order valence-electron chi connectivity index (χ0n) is 12.5. The number of hydrogen-bond acceptors (Lipinski definition) is 3. The van der Waals surface area contributed by atoms with Crippen LogP contribution in [0.1, 0.15) is 55.4 Å². The third kappa shape index (κ3) is 2.43. The molecule has 2 aromatic carbocycles. The summed E-state index contributed by atoms with van der Waals surface area (Å²) in [5.74, 6) is 0.192. The molecule has 0 saturated heterocycles. The number of rotatable bonds is 1. The largest absolute Gasteiger partial charge is 0.508 e. The molecular formula is C18H20O3. The molecule has 0 fully saturated rings. The van der Waals surface area contributed by atoms with E-state index in [-0.39, 0.29) is 11.2 Å². The molecule has 2 atom stereocenters. The molecule has 3 rings (SSSR count). The van der Waals surface area contributed by atoms with E-state index in [1.165, 1.54) is 0 Å². The first-order chi connectivity index (χ1) is 9.88. The normalized spacial score (nSPS) is 21.3. The van der Waals surface area contributed by atoms with Gasteiger partial charge in [0.1, 0.15) is 11.9 Å². The van der Waals surface area contributed by atoms with Gasteiger partial charge in [-0.05, 0) is 28.7 Å². The molecule has 0 aromatic heterocycles. The summed E-state index contributed by atoms with van der Waals surface area (Å²) < 4.78 is 5.66. The second kappa shape index (κ2) is 4.86. The first kappa shape index (κ1) is 14.1. The van der Waals surface area contributed by atoms with Crippen molar-refractivity contribution in [2.75, 3.05) is 0 Å². The van der Waals surface area contributed by atoms with E-state index in [0.29, 0.717) is 5.56 Å². The summed E-state index contributed by atoms with van der Waals surface area (Å²) in [6.45, 7) is 6.38. The molecule has 0 bridgehead atoms. The van der Waals surface area contributed by atoms with Crippen LogP contribution in [-0.4, -0.2) is 10.2 Å². The van der Waals surface area contributed by atoms with Crippen LogP contribution in [0, 0.1) is 0 Å². The Labute approximate surface area is 124 Å². The van der Waals surface area contributed by atoms with Crippen molar-refractivity contribution in [3.8, 4) is 5.75 Å². The minimum atomic E-state index is -0.941. The van der Waals surface area contributed by atoms with E-state index in [1.54, 1.807) is 6.07 Å². The molecule has 1 heterocycles. The van der Waals surface area contributed by atoms with E-state index in [1.807, 2.05) is 36.4 Å². The molecule has 2 aromatic rings. The smallest absolute Gasteiger partial charge is 0.182 e. The number of aliphatic hydroxyl groups excluding tert-OH is 1. The third-order valence-electron chi connectivity index (χ3n) is 3.99. The minimum Gasteiger partial charge on any atom is -0.508 e. The SMILES string of the molecule is CC(C)(C)c1ccc(O)c(C2OC(O)c3ccccc32)c1. The summed E-state index contributed by atoms with van der Waals surface area (Å²) in [6, 6.07) is 13.2. The Kier molecular flexibility index (Phi) is 3.27. The Morgan fingerprint density at radius 3 is 2.29 bits per heavy atom. The van der Waals surface area contributed by atoms with E-state index in [9.17, 15) is 10.2 Å². The lowest BCUT2D eigenvalue weighted by molar-refractivity contribution is -0.109. The molecule has 0 amide bonds. The standard InChI is InChI=1S/C18H20O3/c1-18(2,3)11-8-9-15(19)14(10-11)16-12-6-4-5-7-13(12)17(20)21-16/h4-10,16-17,19-20H,1-3H3. The van der Waals surface area contributed by atoms with Gasteiger partial charge in [-0.25, -0.2) is 0 Å². The van der Waals surface area contributed by atoms with Gasteiger partial charge in [-0.3, -0.25) is 0 Å². The van der Waals surface area contributed by atoms with Gasteiger partial charge in [-0.15, -0.1) is 0 Å². The van der Waals surface area contributed by atoms with Crippen molar-refractivity contribution in [1.29, 1.82) is 0 Å². The van der Waals surface area contributed by atoms with E-state index >= 15 is 0 Å². The quantitative estimate of drug-likeness (QED) is 0.837. The number of aliphatic hydroxyl groups is 1. The maximum absolute atomic E-state index is 10.2. The lowest BCUT2D eigenvalue weighted by Gasteiger charge is -2.22. The van der Waals surface area contributed by atoms with Gasteiger partial charge in [-0.2, -0.15) is 0 Å². The average molecular weight is 284 g/mol. The first-order valence-corrected chi connectivity index (χ1v) is 7.13. The monoisotopic (exact) mass is 284 g/mol. The van der Waals surface area contributed by atoms with Crippen molar-refractivity contribution >= 4 is 0 Å². The zero-order chi connectivity index (χ0) is 15.2. The van der Waals surface area contributed by atoms with Gasteiger partial charge in [-0.1, -0.05) is 51.1 Å². The maximum atomic E-state index is 10.2. The van der Waals surface area contributed by atoms with Crippen molar-refractivity contribution in [2.45, 2.75) is 38.6 Å². The van der Waals surface area contributed by atoms with Crippen molar-refractivity contribution in [1.82, 2.24) is 0 Å². The van der Waals surface area contributed by atoms with Crippen molar-refractivity contribution in [2.24, 2.45) is 0 Å². The Morgan fingerprint density at radius 1 is 0.952 bits per heavy atom. The zero-order valence-corrected chi connectivity index (χ0v) is 12.5. The van der Waals surface area contributed by atoms with Gasteiger partial charge in [0.2, 0.25) is 0 Å². The summed E-state index contributed by atoms with van der Waals surface area (Å²) in [4.78, 5) is 0. The Bertz CT molecular complexity index is 670. The summed E-state index contributed by atoms with van der Waals surface area (Å²) in [5, 5.41) is 20.2. The van der Waals surface area contributed by atoms with Crippen LogP contribution < -0.4 is 0 Å². The van der Waals surface area contributed by atoms with Crippen molar-refractivity contribution in [3.63, 3.8) is 0 Å². The summed E-state index contributed by atoms with van der Waals surface area (Å²) >= 11 is 0. The lowest BCUT2D eigenvalue weighted by Crippen LogP contribution is -2.12. The Morgan fingerprint density at radius 2 is 1.62 bits per heavy atom. The average Bonchev–Trinajstić information content (AvgIpc) is 2.76. The number of benzene rings is 2. The number of hydrogen-bond donors (Lipinski definition) is 2. The molecule has 2 unspecified atom stereocenters. The number of aromatic hydroxyl groups is 1. The molecule has 3 nitrogen and oxygen atoms in total. The fourth-order valence-corrected chi connectivity index (χ4v) is 2.72. The summed E-state index contributed by atoms with van der Waals surface area (Å²) in [5.41, 5.74) is 3.48. The molecule has 0 saturated carbocycles. The molecule has 110 valence electrons. The minimum absolute atomic E-state index is 0.0147. The van der Waals surface area contributed by atoms with Gasteiger partial charge in [0.25, 0.3) is 0 Å². The maximum Gasteiger partial charge on any atom is 0.182 e. The molecule has 1 aliphatic heterocycles. The van der Waals surface area contributed by atoms with Crippen LogP contribution in [0.15, 0.2) is 42.5 Å². The summed E-state index contributed by atoms with van der Waals surface area (Å²) in [7, 11) is 0. The lowest BCUT2D eigenvalue weighted by atomic mass is 9.85. The van der Waals surface area contributed by atoms with Gasteiger partial charge < -0.3 is 14.9 Å². The molecule has 21 heavy (non-hydrogen) atoms. The van der Waals surface area contributed by atoms with E-state index < -0.39 is 12.4 Å². The Hall–Kier alpha value is -1.84. The second-order valence-electron chi connectivity index (χ2n) is 6.52.